The molecule has 3 aromatic carbocycles. The molecule has 0 aliphatic carbocycles. The fourth-order valence-electron chi connectivity index (χ4n) is 5.01. The van der Waals surface area contributed by atoms with Crippen LogP contribution in [0.15, 0.2) is 76.5 Å². The van der Waals surface area contributed by atoms with Gasteiger partial charge in [0.1, 0.15) is 0 Å². The molecule has 1 aliphatic heterocycles. The van der Waals surface area contributed by atoms with E-state index in [9.17, 15) is 13.8 Å². The van der Waals surface area contributed by atoms with E-state index in [1.165, 1.54) is 5.01 Å². The van der Waals surface area contributed by atoms with Gasteiger partial charge in [-0.1, -0.05) is 63.6 Å². The Bertz CT molecular complexity index is 1400. The summed E-state index contributed by atoms with van der Waals surface area (Å²) in [6.07, 6.45) is 0.835. The number of benzene rings is 3. The van der Waals surface area contributed by atoms with E-state index in [1.54, 1.807) is 48.5 Å². The quantitative estimate of drug-likeness (QED) is 0.255. The van der Waals surface area contributed by atoms with Gasteiger partial charge >= 0.3 is 0 Å². The largest absolute Gasteiger partial charge is 0.352 e. The fraction of sp³-hybridized carbons (Fsp3) is 0.375. The third-order valence-electron chi connectivity index (χ3n) is 6.70. The molecule has 2 amide bonds. The third-order valence-corrected chi connectivity index (χ3v) is 8.43. The highest BCUT2D eigenvalue weighted by atomic mass is 35.5. The average molecular weight is 595 g/mol. The van der Waals surface area contributed by atoms with Crippen LogP contribution >= 0.6 is 11.6 Å². The Morgan fingerprint density at radius 1 is 0.951 bits per heavy atom. The van der Waals surface area contributed by atoms with Crippen molar-refractivity contribution in [2.24, 2.45) is 11.8 Å². The number of hydrogen-bond acceptors (Lipinski definition) is 5. The summed E-state index contributed by atoms with van der Waals surface area (Å²) in [7, 11) is -1.61. The Morgan fingerprint density at radius 2 is 1.68 bits per heavy atom. The molecular formula is C32H39ClN4O3S. The molecule has 0 saturated carbocycles. The van der Waals surface area contributed by atoms with E-state index in [1.807, 2.05) is 18.2 Å². The summed E-state index contributed by atoms with van der Waals surface area (Å²) in [6.45, 7) is 12.7. The molecule has 4 rings (SSSR count). The van der Waals surface area contributed by atoms with Gasteiger partial charge in [-0.3, -0.25) is 9.59 Å². The Balaban J connectivity index is 1.54. The third kappa shape index (κ3) is 8.04. The van der Waals surface area contributed by atoms with E-state index in [0.29, 0.717) is 56.6 Å². The number of fused-ring (bicyclic) bond motifs is 2. The zero-order valence-corrected chi connectivity index (χ0v) is 25.7. The van der Waals surface area contributed by atoms with Gasteiger partial charge in [-0.15, -0.1) is 0 Å². The van der Waals surface area contributed by atoms with Crippen LogP contribution in [0.3, 0.4) is 0 Å². The number of carbonyl (C=O) groups excluding carboxylic acids is 2. The molecule has 0 saturated heterocycles. The van der Waals surface area contributed by atoms with Gasteiger partial charge in [0.2, 0.25) is 0 Å². The van der Waals surface area contributed by atoms with Crippen molar-refractivity contribution in [3.8, 4) is 0 Å². The average Bonchev–Trinajstić information content (AvgIpc) is 3.02. The first-order valence-electron chi connectivity index (χ1n) is 14.1. The van der Waals surface area contributed by atoms with Crippen LogP contribution in [0.4, 0.5) is 5.69 Å². The van der Waals surface area contributed by atoms with Crippen LogP contribution in [0.1, 0.15) is 60.4 Å². The van der Waals surface area contributed by atoms with E-state index < -0.39 is 10.8 Å². The Hall–Kier alpha value is -3.04. The molecule has 1 aliphatic rings. The first kappa shape index (κ1) is 30.9. The molecule has 9 heteroatoms. The molecule has 7 nitrogen and oxygen atoms in total. The molecule has 0 radical (unpaired) electrons. The molecular weight excluding hydrogens is 556 g/mol. The van der Waals surface area contributed by atoms with E-state index in [2.05, 4.69) is 43.3 Å². The van der Waals surface area contributed by atoms with Crippen molar-refractivity contribution in [2.45, 2.75) is 50.5 Å². The van der Waals surface area contributed by atoms with Gasteiger partial charge in [-0.05, 0) is 72.8 Å². The van der Waals surface area contributed by atoms with E-state index in [-0.39, 0.29) is 11.8 Å². The molecule has 3 aromatic rings. The molecule has 41 heavy (non-hydrogen) atoms. The highest BCUT2D eigenvalue weighted by molar-refractivity contribution is 7.85. The second-order valence-electron chi connectivity index (χ2n) is 11.2. The standard InChI is InChI=1S/C32H39ClN4O3S/c1-22(2)20-36(21-23(3)4)16-8-15-34-31(38)25-13-14-30-28(18-25)37(35-19-24-9-7-10-26(33)17-24)32(39)27-11-5-6-12-29(27)41(30)40/h5-7,9-14,17-18,22-23,35H,8,15-16,19-21H2,1-4H3,(H,34,38). The number of nitrogens with one attached hydrogen (secondary N) is 2. The lowest BCUT2D eigenvalue weighted by Crippen LogP contribution is -2.43. The highest BCUT2D eigenvalue weighted by Gasteiger charge is 2.31. The van der Waals surface area contributed by atoms with E-state index in [0.717, 1.165) is 31.6 Å². The molecule has 0 fully saturated rings. The summed E-state index contributed by atoms with van der Waals surface area (Å²) in [6, 6.07) is 19.2. The molecule has 218 valence electrons. The molecule has 1 atom stereocenters. The number of amides is 2. The zero-order valence-electron chi connectivity index (χ0n) is 24.2. The molecule has 1 heterocycles. The topological polar surface area (TPSA) is 81.8 Å². The summed E-state index contributed by atoms with van der Waals surface area (Å²) in [5.74, 6) is 0.583. The summed E-state index contributed by atoms with van der Waals surface area (Å²) in [5, 5.41) is 5.01. The number of halogens is 1. The van der Waals surface area contributed by atoms with Crippen LogP contribution in [0.2, 0.25) is 5.02 Å². The van der Waals surface area contributed by atoms with Crippen molar-refractivity contribution in [1.29, 1.82) is 0 Å². The summed E-state index contributed by atoms with van der Waals surface area (Å²) in [4.78, 5) is 30.3. The van der Waals surface area contributed by atoms with Crippen molar-refractivity contribution in [2.75, 3.05) is 31.2 Å². The summed E-state index contributed by atoms with van der Waals surface area (Å²) < 4.78 is 13.6. The van der Waals surface area contributed by atoms with Gasteiger partial charge < -0.3 is 10.2 Å². The lowest BCUT2D eigenvalue weighted by Gasteiger charge is -2.26. The van der Waals surface area contributed by atoms with Crippen LogP contribution < -0.4 is 15.8 Å². The number of nitrogens with zero attached hydrogens (tertiary/aromatic N) is 2. The lowest BCUT2D eigenvalue weighted by atomic mass is 10.1. The van der Waals surface area contributed by atoms with Gasteiger partial charge in [0.15, 0.2) is 0 Å². The maximum atomic E-state index is 13.7. The minimum absolute atomic E-state index is 0.234. The fourth-order valence-corrected chi connectivity index (χ4v) is 6.55. The minimum Gasteiger partial charge on any atom is -0.352 e. The normalized spacial score (nSPS) is 14.8. The van der Waals surface area contributed by atoms with Crippen molar-refractivity contribution < 1.29 is 13.8 Å². The minimum atomic E-state index is -1.61. The number of anilines is 1. The summed E-state index contributed by atoms with van der Waals surface area (Å²) in [5.41, 5.74) is 5.20. The predicted molar refractivity (Wildman–Crippen MR) is 166 cm³/mol. The lowest BCUT2D eigenvalue weighted by molar-refractivity contribution is 0.0945. The van der Waals surface area contributed by atoms with Crippen LogP contribution in [0.25, 0.3) is 0 Å². The Kier molecular flexibility index (Phi) is 10.7. The highest BCUT2D eigenvalue weighted by Crippen LogP contribution is 2.34. The number of rotatable bonds is 12. The Labute approximate surface area is 250 Å². The van der Waals surface area contributed by atoms with Gasteiger partial charge in [-0.25, -0.2) is 14.6 Å². The van der Waals surface area contributed by atoms with Crippen molar-refractivity contribution >= 4 is 39.9 Å². The van der Waals surface area contributed by atoms with Crippen LogP contribution in [0, 0.1) is 11.8 Å². The summed E-state index contributed by atoms with van der Waals surface area (Å²) >= 11 is 6.16. The molecule has 0 spiro atoms. The molecule has 0 bridgehead atoms. The molecule has 0 aromatic heterocycles. The van der Waals surface area contributed by atoms with E-state index >= 15 is 0 Å². The number of hydrazine groups is 1. The molecule has 1 unspecified atom stereocenters. The predicted octanol–water partition coefficient (Wildman–Crippen LogP) is 5.91. The smallest absolute Gasteiger partial charge is 0.273 e. The van der Waals surface area contributed by atoms with Gasteiger partial charge in [0, 0.05) is 36.8 Å². The second-order valence-corrected chi connectivity index (χ2v) is 13.1. The second kappa shape index (κ2) is 14.2. The van der Waals surface area contributed by atoms with E-state index in [4.69, 9.17) is 11.6 Å². The van der Waals surface area contributed by atoms with Gasteiger partial charge in [0.25, 0.3) is 11.8 Å². The number of hydrogen-bond donors (Lipinski definition) is 2. The number of carbonyl (C=O) groups is 2. The first-order chi connectivity index (χ1) is 19.6. The maximum absolute atomic E-state index is 13.7. The van der Waals surface area contributed by atoms with Crippen LogP contribution in [-0.2, 0) is 17.3 Å². The zero-order chi connectivity index (χ0) is 29.5. The van der Waals surface area contributed by atoms with Crippen molar-refractivity contribution in [3.63, 3.8) is 0 Å². The monoisotopic (exact) mass is 594 g/mol. The van der Waals surface area contributed by atoms with Gasteiger partial charge in [0.05, 0.1) is 31.8 Å². The van der Waals surface area contributed by atoms with Crippen LogP contribution in [0.5, 0.6) is 0 Å². The van der Waals surface area contributed by atoms with Crippen molar-refractivity contribution in [1.82, 2.24) is 15.6 Å². The SMILES string of the molecule is CC(C)CN(CCCNC(=O)c1ccc2c(c1)N(NCc1cccc(Cl)c1)C(=O)c1ccccc1S2=O)CC(C)C. The Morgan fingerprint density at radius 3 is 2.39 bits per heavy atom. The van der Waals surface area contributed by atoms with Crippen LogP contribution in [-0.4, -0.2) is 47.1 Å². The molecule has 2 N–H and O–H groups in total. The first-order valence-corrected chi connectivity index (χ1v) is 15.6. The van der Waals surface area contributed by atoms with Crippen molar-refractivity contribution in [3.05, 3.63) is 88.4 Å². The van der Waals surface area contributed by atoms with Gasteiger partial charge in [-0.2, -0.15) is 0 Å². The maximum Gasteiger partial charge on any atom is 0.273 e.